The molecule has 0 amide bonds. The number of ether oxygens (including phenoxy) is 2. The summed E-state index contributed by atoms with van der Waals surface area (Å²) in [4.78, 5) is 0. The fourth-order valence-electron chi connectivity index (χ4n) is 2.27. The first-order chi connectivity index (χ1) is 8.89. The summed E-state index contributed by atoms with van der Waals surface area (Å²) in [6.45, 7) is 0.841. The van der Waals surface area contributed by atoms with E-state index in [-0.39, 0.29) is 17.5 Å². The first kappa shape index (κ1) is 12.5. The molecule has 2 aliphatic heterocycles. The van der Waals surface area contributed by atoms with Crippen LogP contribution in [0.25, 0.3) is 0 Å². The highest BCUT2D eigenvalue weighted by Crippen LogP contribution is 2.47. The normalized spacial score (nSPS) is 27.3. The zero-order chi connectivity index (χ0) is 13.7. The van der Waals surface area contributed by atoms with Gasteiger partial charge in [-0.3, -0.25) is 0 Å². The van der Waals surface area contributed by atoms with Gasteiger partial charge in [0.25, 0.3) is 0 Å². The summed E-state index contributed by atoms with van der Waals surface area (Å²) in [6.07, 6.45) is -7.48. The average Bonchev–Trinajstić information content (AvgIpc) is 2.82. The van der Waals surface area contributed by atoms with E-state index in [2.05, 4.69) is 14.8 Å². The summed E-state index contributed by atoms with van der Waals surface area (Å²) in [5, 5.41) is 3.18. The molecule has 1 atom stereocenters. The van der Waals surface area contributed by atoms with Gasteiger partial charge >= 0.3 is 12.2 Å². The van der Waals surface area contributed by atoms with Crippen molar-refractivity contribution in [2.24, 2.45) is 0 Å². The Kier molecular flexibility index (Phi) is 2.63. The monoisotopic (exact) mass is 277 g/mol. The van der Waals surface area contributed by atoms with Crippen LogP contribution in [-0.2, 0) is 0 Å². The van der Waals surface area contributed by atoms with Crippen molar-refractivity contribution in [2.75, 3.05) is 6.54 Å². The molecule has 1 fully saturated rings. The van der Waals surface area contributed by atoms with Crippen molar-refractivity contribution in [3.05, 3.63) is 23.8 Å². The zero-order valence-corrected chi connectivity index (χ0v) is 9.76. The van der Waals surface area contributed by atoms with E-state index in [9.17, 15) is 17.6 Å². The lowest BCUT2D eigenvalue weighted by atomic mass is 10.0. The largest absolute Gasteiger partial charge is 0.507 e. The highest BCUT2D eigenvalue weighted by atomic mass is 19.3. The Bertz CT molecular complexity index is 501. The van der Waals surface area contributed by atoms with E-state index < -0.39 is 12.2 Å². The molecule has 3 rings (SSSR count). The molecule has 7 heteroatoms. The van der Waals surface area contributed by atoms with Gasteiger partial charge in [0.1, 0.15) is 0 Å². The Balaban J connectivity index is 1.94. The molecule has 0 spiro atoms. The number of nitrogens with one attached hydrogen (secondary N) is 1. The van der Waals surface area contributed by atoms with E-state index in [0.717, 1.165) is 24.9 Å². The van der Waals surface area contributed by atoms with Crippen molar-refractivity contribution in [1.29, 1.82) is 0 Å². The van der Waals surface area contributed by atoms with E-state index in [1.165, 1.54) is 12.1 Å². The van der Waals surface area contributed by atoms with E-state index in [1.54, 1.807) is 6.07 Å². The minimum atomic E-state index is -4.66. The fraction of sp³-hybridized carbons (Fsp3) is 0.500. The second-order valence-electron chi connectivity index (χ2n) is 4.59. The van der Waals surface area contributed by atoms with Crippen molar-refractivity contribution in [1.82, 2.24) is 5.32 Å². The number of hydrogen-bond donors (Lipinski definition) is 1. The number of alkyl halides is 4. The summed E-state index contributed by atoms with van der Waals surface area (Å²) >= 11 is 0. The highest BCUT2D eigenvalue weighted by Gasteiger charge is 2.65. The van der Waals surface area contributed by atoms with Crippen LogP contribution in [0.3, 0.4) is 0 Å². The van der Waals surface area contributed by atoms with Crippen LogP contribution >= 0.6 is 0 Å². The predicted molar refractivity (Wildman–Crippen MR) is 57.6 cm³/mol. The molecule has 3 nitrogen and oxygen atoms in total. The minimum Gasteiger partial charge on any atom is -0.421 e. The first-order valence-corrected chi connectivity index (χ1v) is 5.90. The molecule has 0 bridgehead atoms. The maximum Gasteiger partial charge on any atom is 0.507 e. The van der Waals surface area contributed by atoms with Gasteiger partial charge in [-0.05, 0) is 37.1 Å². The molecule has 0 saturated carbocycles. The highest BCUT2D eigenvalue weighted by molar-refractivity contribution is 5.45. The van der Waals surface area contributed by atoms with Crippen LogP contribution in [0.4, 0.5) is 17.6 Å². The summed E-state index contributed by atoms with van der Waals surface area (Å²) in [5.74, 6) is -0.736. The van der Waals surface area contributed by atoms with E-state index in [0.29, 0.717) is 0 Å². The average molecular weight is 277 g/mol. The molecule has 104 valence electrons. The molecular formula is C12H11F4NO2. The SMILES string of the molecule is FC1(F)Oc2ccc(C3CCCN3)cc2OC1(F)F. The third kappa shape index (κ3) is 2.01. The smallest absolute Gasteiger partial charge is 0.421 e. The maximum atomic E-state index is 13.1. The molecule has 1 saturated heterocycles. The van der Waals surface area contributed by atoms with Crippen LogP contribution in [-0.4, -0.2) is 18.8 Å². The number of benzene rings is 1. The number of rotatable bonds is 1. The van der Waals surface area contributed by atoms with Crippen LogP contribution in [0.5, 0.6) is 11.5 Å². The Hall–Kier alpha value is -1.50. The van der Waals surface area contributed by atoms with Gasteiger partial charge < -0.3 is 14.8 Å². The van der Waals surface area contributed by atoms with Gasteiger partial charge in [0, 0.05) is 6.04 Å². The van der Waals surface area contributed by atoms with Crippen LogP contribution in [0.2, 0.25) is 0 Å². The molecule has 0 radical (unpaired) electrons. The van der Waals surface area contributed by atoms with Crippen LogP contribution in [0.1, 0.15) is 24.4 Å². The second-order valence-corrected chi connectivity index (χ2v) is 4.59. The molecule has 1 aromatic carbocycles. The van der Waals surface area contributed by atoms with Gasteiger partial charge in [-0.2, -0.15) is 17.6 Å². The Labute approximate surface area is 106 Å². The van der Waals surface area contributed by atoms with E-state index >= 15 is 0 Å². The number of hydrogen-bond acceptors (Lipinski definition) is 3. The van der Waals surface area contributed by atoms with Crippen molar-refractivity contribution in [2.45, 2.75) is 31.1 Å². The van der Waals surface area contributed by atoms with Crippen molar-refractivity contribution < 1.29 is 27.0 Å². The lowest BCUT2D eigenvalue weighted by molar-refractivity contribution is -0.391. The van der Waals surface area contributed by atoms with Crippen LogP contribution < -0.4 is 14.8 Å². The van der Waals surface area contributed by atoms with E-state index in [4.69, 9.17) is 0 Å². The zero-order valence-electron chi connectivity index (χ0n) is 9.76. The molecule has 1 N–H and O–H groups in total. The topological polar surface area (TPSA) is 30.5 Å². The molecule has 2 aliphatic rings. The van der Waals surface area contributed by atoms with Gasteiger partial charge in [-0.25, -0.2) is 0 Å². The van der Waals surface area contributed by atoms with Gasteiger partial charge in [0.05, 0.1) is 0 Å². The third-order valence-electron chi connectivity index (χ3n) is 3.25. The van der Waals surface area contributed by atoms with Gasteiger partial charge in [0.15, 0.2) is 11.5 Å². The molecule has 1 unspecified atom stereocenters. The standard InChI is InChI=1S/C12H11F4NO2/c13-11(14)12(15,16)19-10-6-7(3-4-9(10)18-11)8-2-1-5-17-8/h3-4,6,8,17H,1-2,5H2. The Morgan fingerprint density at radius 2 is 1.74 bits per heavy atom. The third-order valence-corrected chi connectivity index (χ3v) is 3.25. The first-order valence-electron chi connectivity index (χ1n) is 5.90. The predicted octanol–water partition coefficient (Wildman–Crippen LogP) is 3.07. The molecular weight excluding hydrogens is 266 g/mol. The fourth-order valence-corrected chi connectivity index (χ4v) is 2.27. The second kappa shape index (κ2) is 4.00. The van der Waals surface area contributed by atoms with E-state index in [1.807, 2.05) is 0 Å². The van der Waals surface area contributed by atoms with Gasteiger partial charge in [-0.15, -0.1) is 0 Å². The molecule has 1 aromatic rings. The maximum absolute atomic E-state index is 13.1. The lowest BCUT2D eigenvalue weighted by Crippen LogP contribution is -2.52. The Morgan fingerprint density at radius 3 is 2.37 bits per heavy atom. The summed E-state index contributed by atoms with van der Waals surface area (Å²) in [5.41, 5.74) is 0.723. The molecule has 0 aliphatic carbocycles. The van der Waals surface area contributed by atoms with Crippen molar-refractivity contribution in [3.8, 4) is 11.5 Å². The summed E-state index contributed by atoms with van der Waals surface area (Å²) in [7, 11) is 0. The lowest BCUT2D eigenvalue weighted by Gasteiger charge is -2.32. The van der Waals surface area contributed by atoms with Gasteiger partial charge in [-0.1, -0.05) is 6.07 Å². The van der Waals surface area contributed by atoms with Gasteiger partial charge in [0.2, 0.25) is 0 Å². The van der Waals surface area contributed by atoms with Crippen molar-refractivity contribution in [3.63, 3.8) is 0 Å². The number of halogens is 4. The quantitative estimate of drug-likeness (QED) is 0.800. The minimum absolute atomic E-state index is 0.0324. The van der Waals surface area contributed by atoms with Crippen LogP contribution in [0, 0.1) is 0 Å². The number of fused-ring (bicyclic) bond motifs is 1. The molecule has 19 heavy (non-hydrogen) atoms. The summed E-state index contributed by atoms with van der Waals surface area (Å²) < 4.78 is 60.1. The molecule has 0 aromatic heterocycles. The Morgan fingerprint density at radius 1 is 1.05 bits per heavy atom. The molecule has 2 heterocycles. The van der Waals surface area contributed by atoms with Crippen molar-refractivity contribution >= 4 is 0 Å². The van der Waals surface area contributed by atoms with Crippen LogP contribution in [0.15, 0.2) is 18.2 Å². The summed E-state index contributed by atoms with van der Waals surface area (Å²) in [6, 6.07) is 4.16.